The highest BCUT2D eigenvalue weighted by Gasteiger charge is 2.16. The molecule has 0 fully saturated rings. The number of nitrogens with one attached hydrogen (secondary N) is 1. The third kappa shape index (κ3) is 2.64. The molecule has 0 saturated carbocycles. The first-order valence-electron chi connectivity index (χ1n) is 4.09. The number of likely N-dealkylation sites (N-methyl/N-ethyl adjacent to an activating group) is 1. The zero-order valence-electron chi connectivity index (χ0n) is 7.54. The standard InChI is InChI=1S/C10H15NO/c1-10(12,11-2)8-9-6-4-3-5-7-9/h3-7,11-12H,8H2,1-2H3/t10-/m0/s1. The molecule has 0 amide bonds. The average Bonchev–Trinajstić information content (AvgIpc) is 2.06. The van der Waals surface area contributed by atoms with Crippen LogP contribution in [0, 0.1) is 0 Å². The molecule has 12 heavy (non-hydrogen) atoms. The topological polar surface area (TPSA) is 32.3 Å². The summed E-state index contributed by atoms with van der Waals surface area (Å²) in [4.78, 5) is 0. The zero-order valence-corrected chi connectivity index (χ0v) is 7.54. The molecular weight excluding hydrogens is 150 g/mol. The predicted octanol–water partition coefficient (Wildman–Crippen LogP) is 1.16. The maximum Gasteiger partial charge on any atom is 0.117 e. The van der Waals surface area contributed by atoms with Crippen molar-refractivity contribution < 1.29 is 5.11 Å². The summed E-state index contributed by atoms with van der Waals surface area (Å²) in [5.74, 6) is 0. The van der Waals surface area contributed by atoms with Crippen LogP contribution in [0.5, 0.6) is 0 Å². The third-order valence-electron chi connectivity index (χ3n) is 1.93. The molecule has 0 bridgehead atoms. The van der Waals surface area contributed by atoms with Crippen LogP contribution in [0.4, 0.5) is 0 Å². The molecular formula is C10H15NO. The smallest absolute Gasteiger partial charge is 0.117 e. The van der Waals surface area contributed by atoms with Gasteiger partial charge in [0.1, 0.15) is 5.72 Å². The van der Waals surface area contributed by atoms with Gasteiger partial charge >= 0.3 is 0 Å². The molecule has 0 aliphatic heterocycles. The van der Waals surface area contributed by atoms with Gasteiger partial charge in [0.15, 0.2) is 0 Å². The summed E-state index contributed by atoms with van der Waals surface area (Å²) in [6.45, 7) is 1.76. The first kappa shape index (κ1) is 9.23. The second-order valence-corrected chi connectivity index (χ2v) is 3.19. The van der Waals surface area contributed by atoms with Crippen molar-refractivity contribution in [2.24, 2.45) is 0 Å². The van der Waals surface area contributed by atoms with Crippen LogP contribution in [-0.2, 0) is 6.42 Å². The number of benzene rings is 1. The summed E-state index contributed by atoms with van der Waals surface area (Å²) >= 11 is 0. The molecule has 0 unspecified atom stereocenters. The Morgan fingerprint density at radius 2 is 1.92 bits per heavy atom. The Bertz CT molecular complexity index is 231. The molecule has 0 aliphatic carbocycles. The van der Waals surface area contributed by atoms with E-state index in [0.717, 1.165) is 5.56 Å². The highest BCUT2D eigenvalue weighted by molar-refractivity contribution is 5.16. The molecule has 2 N–H and O–H groups in total. The van der Waals surface area contributed by atoms with Gasteiger partial charge in [-0.3, -0.25) is 5.32 Å². The molecule has 1 aromatic rings. The summed E-state index contributed by atoms with van der Waals surface area (Å²) in [6.07, 6.45) is 0.629. The van der Waals surface area contributed by atoms with E-state index >= 15 is 0 Å². The molecule has 0 heterocycles. The number of aliphatic hydroxyl groups is 1. The molecule has 66 valence electrons. The van der Waals surface area contributed by atoms with Crippen molar-refractivity contribution in [3.63, 3.8) is 0 Å². The normalized spacial score (nSPS) is 15.6. The van der Waals surface area contributed by atoms with Crippen molar-refractivity contribution in [2.45, 2.75) is 19.1 Å². The summed E-state index contributed by atoms with van der Waals surface area (Å²) in [5, 5.41) is 12.5. The van der Waals surface area contributed by atoms with Gasteiger partial charge in [-0.2, -0.15) is 0 Å². The van der Waals surface area contributed by atoms with Crippen LogP contribution in [0.2, 0.25) is 0 Å². The molecule has 0 aliphatic rings. The van der Waals surface area contributed by atoms with Gasteiger partial charge in [0.05, 0.1) is 0 Å². The number of rotatable bonds is 3. The second kappa shape index (κ2) is 3.70. The predicted molar refractivity (Wildman–Crippen MR) is 49.8 cm³/mol. The quantitative estimate of drug-likeness (QED) is 0.659. The van der Waals surface area contributed by atoms with Crippen molar-refractivity contribution in [1.82, 2.24) is 5.32 Å². The summed E-state index contributed by atoms with van der Waals surface area (Å²) in [7, 11) is 1.75. The van der Waals surface area contributed by atoms with Gasteiger partial charge in [0.2, 0.25) is 0 Å². The maximum atomic E-state index is 9.67. The van der Waals surface area contributed by atoms with Crippen LogP contribution in [0.25, 0.3) is 0 Å². The lowest BCUT2D eigenvalue weighted by Crippen LogP contribution is -2.41. The van der Waals surface area contributed by atoms with Crippen molar-refractivity contribution in [2.75, 3.05) is 7.05 Å². The number of hydrogen-bond donors (Lipinski definition) is 2. The van der Waals surface area contributed by atoms with E-state index in [2.05, 4.69) is 5.32 Å². The van der Waals surface area contributed by atoms with Gasteiger partial charge in [0.25, 0.3) is 0 Å². The Kier molecular flexibility index (Phi) is 2.84. The van der Waals surface area contributed by atoms with E-state index < -0.39 is 5.72 Å². The fraction of sp³-hybridized carbons (Fsp3) is 0.400. The first-order chi connectivity index (χ1) is 5.64. The van der Waals surface area contributed by atoms with Gasteiger partial charge in [-0.25, -0.2) is 0 Å². The second-order valence-electron chi connectivity index (χ2n) is 3.19. The van der Waals surface area contributed by atoms with Crippen LogP contribution in [0.1, 0.15) is 12.5 Å². The van der Waals surface area contributed by atoms with Crippen LogP contribution in [0.3, 0.4) is 0 Å². The van der Waals surface area contributed by atoms with E-state index in [1.54, 1.807) is 14.0 Å². The first-order valence-corrected chi connectivity index (χ1v) is 4.09. The summed E-state index contributed by atoms with van der Waals surface area (Å²) in [6, 6.07) is 9.93. The third-order valence-corrected chi connectivity index (χ3v) is 1.93. The monoisotopic (exact) mass is 165 g/mol. The Hall–Kier alpha value is -0.860. The zero-order chi connectivity index (χ0) is 9.03. The lowest BCUT2D eigenvalue weighted by Gasteiger charge is -2.22. The lowest BCUT2D eigenvalue weighted by molar-refractivity contribution is 0.0326. The molecule has 2 nitrogen and oxygen atoms in total. The maximum absolute atomic E-state index is 9.67. The minimum atomic E-state index is -0.804. The largest absolute Gasteiger partial charge is 0.376 e. The van der Waals surface area contributed by atoms with E-state index in [4.69, 9.17) is 0 Å². The van der Waals surface area contributed by atoms with Crippen molar-refractivity contribution in [1.29, 1.82) is 0 Å². The molecule has 0 radical (unpaired) electrons. The molecule has 1 rings (SSSR count). The lowest BCUT2D eigenvalue weighted by atomic mass is 10.0. The van der Waals surface area contributed by atoms with Crippen molar-refractivity contribution in [3.8, 4) is 0 Å². The molecule has 2 heteroatoms. The Labute approximate surface area is 73.2 Å². The Morgan fingerprint density at radius 1 is 1.33 bits per heavy atom. The van der Waals surface area contributed by atoms with E-state index in [9.17, 15) is 5.11 Å². The fourth-order valence-electron chi connectivity index (χ4n) is 1.08. The van der Waals surface area contributed by atoms with Crippen LogP contribution >= 0.6 is 0 Å². The van der Waals surface area contributed by atoms with Crippen LogP contribution in [0.15, 0.2) is 30.3 Å². The van der Waals surface area contributed by atoms with Gasteiger partial charge < -0.3 is 5.11 Å². The van der Waals surface area contributed by atoms with E-state index in [-0.39, 0.29) is 0 Å². The minimum Gasteiger partial charge on any atom is -0.376 e. The highest BCUT2D eigenvalue weighted by Crippen LogP contribution is 2.08. The molecule has 1 atom stereocenters. The minimum absolute atomic E-state index is 0.629. The highest BCUT2D eigenvalue weighted by atomic mass is 16.3. The molecule has 1 aromatic carbocycles. The molecule has 0 aromatic heterocycles. The molecule has 0 saturated heterocycles. The Balaban J connectivity index is 2.64. The van der Waals surface area contributed by atoms with Crippen LogP contribution in [-0.4, -0.2) is 17.9 Å². The Morgan fingerprint density at radius 3 is 2.42 bits per heavy atom. The van der Waals surface area contributed by atoms with Gasteiger partial charge in [-0.15, -0.1) is 0 Å². The van der Waals surface area contributed by atoms with Gasteiger partial charge in [0, 0.05) is 6.42 Å². The van der Waals surface area contributed by atoms with E-state index in [1.807, 2.05) is 30.3 Å². The van der Waals surface area contributed by atoms with E-state index in [1.165, 1.54) is 0 Å². The SMILES string of the molecule is CN[C@@](C)(O)Cc1ccccc1. The van der Waals surface area contributed by atoms with Crippen molar-refractivity contribution in [3.05, 3.63) is 35.9 Å². The van der Waals surface area contributed by atoms with Crippen LogP contribution < -0.4 is 5.32 Å². The van der Waals surface area contributed by atoms with Gasteiger partial charge in [-0.1, -0.05) is 30.3 Å². The number of hydrogen-bond acceptors (Lipinski definition) is 2. The average molecular weight is 165 g/mol. The van der Waals surface area contributed by atoms with Crippen molar-refractivity contribution >= 4 is 0 Å². The van der Waals surface area contributed by atoms with E-state index in [0.29, 0.717) is 6.42 Å². The summed E-state index contributed by atoms with van der Waals surface area (Å²) < 4.78 is 0. The van der Waals surface area contributed by atoms with Gasteiger partial charge in [-0.05, 0) is 19.5 Å². The summed E-state index contributed by atoms with van der Waals surface area (Å²) in [5.41, 5.74) is 0.332. The fourth-order valence-corrected chi connectivity index (χ4v) is 1.08. The molecule has 0 spiro atoms.